The second-order valence-corrected chi connectivity index (χ2v) is 7.15. The van der Waals surface area contributed by atoms with Crippen LogP contribution in [0.25, 0.3) is 0 Å². The van der Waals surface area contributed by atoms with E-state index in [0.29, 0.717) is 30.4 Å². The van der Waals surface area contributed by atoms with Crippen LogP contribution in [0.1, 0.15) is 19.5 Å². The van der Waals surface area contributed by atoms with E-state index in [-0.39, 0.29) is 5.75 Å². The number of carbonyl (C=O) groups excluding carboxylic acids is 2. The van der Waals surface area contributed by atoms with E-state index in [1.54, 1.807) is 18.2 Å². The molecular weight excluding hydrogens is 374 g/mol. The first kappa shape index (κ1) is 20.1. The molecule has 9 heteroatoms. The summed E-state index contributed by atoms with van der Waals surface area (Å²) < 4.78 is 11.8. The Labute approximate surface area is 160 Å². The smallest absolute Gasteiger partial charge is 0.325 e. The fraction of sp³-hybridized carbons (Fsp3) is 0.353. The van der Waals surface area contributed by atoms with Crippen molar-refractivity contribution in [1.82, 2.24) is 10.3 Å². The highest BCUT2D eigenvalue weighted by Crippen LogP contribution is 2.30. The summed E-state index contributed by atoms with van der Waals surface area (Å²) in [6.45, 7) is 6.62. The van der Waals surface area contributed by atoms with Gasteiger partial charge in [-0.25, -0.2) is 9.78 Å². The zero-order valence-electron chi connectivity index (χ0n) is 14.8. The second kappa shape index (κ2) is 10.0. The van der Waals surface area contributed by atoms with Crippen LogP contribution in [0.4, 0.5) is 10.5 Å². The summed E-state index contributed by atoms with van der Waals surface area (Å²) in [7, 11) is 0. The Kier molecular flexibility index (Phi) is 7.73. The summed E-state index contributed by atoms with van der Waals surface area (Å²) in [5.74, 6) is 0.865. The monoisotopic (exact) mass is 395 g/mol. The van der Waals surface area contributed by atoms with E-state index in [9.17, 15) is 9.59 Å². The number of rotatable bonds is 8. The van der Waals surface area contributed by atoms with Gasteiger partial charge >= 0.3 is 6.03 Å². The molecule has 7 nitrogen and oxygen atoms in total. The van der Waals surface area contributed by atoms with Crippen molar-refractivity contribution in [3.05, 3.63) is 29.3 Å². The number of hydrogen-bond donors (Lipinski definition) is 2. The summed E-state index contributed by atoms with van der Waals surface area (Å²) in [4.78, 5) is 28.1. The summed E-state index contributed by atoms with van der Waals surface area (Å²) in [6, 6.07) is 4.46. The Hall–Kier alpha value is -2.26. The molecule has 2 aromatic rings. The molecule has 0 aliphatic rings. The number of nitrogens with zero attached hydrogens (tertiary/aromatic N) is 1. The lowest BCUT2D eigenvalue weighted by molar-refractivity contribution is -0.117. The maximum atomic E-state index is 12.0. The van der Waals surface area contributed by atoms with Crippen LogP contribution < -0.4 is 20.1 Å². The molecule has 3 amide bonds. The lowest BCUT2D eigenvalue weighted by atomic mass is 10.2. The second-order valence-electron chi connectivity index (χ2n) is 5.07. The standard InChI is InChI=1S/C17H21N3O4S2/c1-4-23-13-7-6-12(8-14(13)24-5-2)19-16(22)20-15(21)10-26-17-18-11(3)9-25-17/h6-9H,4-5,10H2,1-3H3,(H2,19,20,21,22). The van der Waals surface area contributed by atoms with E-state index >= 15 is 0 Å². The molecule has 140 valence electrons. The first-order valence-corrected chi connectivity index (χ1v) is 9.93. The van der Waals surface area contributed by atoms with E-state index in [2.05, 4.69) is 15.6 Å². The minimum Gasteiger partial charge on any atom is -0.490 e. The SMILES string of the molecule is CCOc1ccc(NC(=O)NC(=O)CSc2nc(C)cs2)cc1OCC. The molecule has 2 rings (SSSR count). The minimum atomic E-state index is -0.600. The predicted octanol–water partition coefficient (Wildman–Crippen LogP) is 3.69. The number of ether oxygens (including phenoxy) is 2. The third-order valence-corrected chi connectivity index (χ3v) is 5.12. The fourth-order valence-electron chi connectivity index (χ4n) is 1.98. The van der Waals surface area contributed by atoms with Gasteiger partial charge in [0.05, 0.1) is 19.0 Å². The normalized spacial score (nSPS) is 10.3. The molecule has 0 spiro atoms. The average Bonchev–Trinajstić information content (AvgIpc) is 3.01. The van der Waals surface area contributed by atoms with Crippen molar-refractivity contribution >= 4 is 40.7 Å². The molecule has 2 N–H and O–H groups in total. The van der Waals surface area contributed by atoms with Gasteiger partial charge in [0.1, 0.15) is 0 Å². The van der Waals surface area contributed by atoms with E-state index in [1.807, 2.05) is 26.2 Å². The van der Waals surface area contributed by atoms with Gasteiger partial charge in [-0.05, 0) is 32.9 Å². The highest BCUT2D eigenvalue weighted by Gasteiger charge is 2.12. The van der Waals surface area contributed by atoms with Crippen molar-refractivity contribution in [2.45, 2.75) is 25.1 Å². The fourth-order valence-corrected chi connectivity index (χ4v) is 3.63. The average molecular weight is 396 g/mol. The number of carbonyl (C=O) groups is 2. The first-order chi connectivity index (χ1) is 12.5. The maximum Gasteiger partial charge on any atom is 0.325 e. The van der Waals surface area contributed by atoms with Crippen molar-refractivity contribution in [1.29, 1.82) is 0 Å². The summed E-state index contributed by atoms with van der Waals surface area (Å²) in [6.07, 6.45) is 0. The van der Waals surface area contributed by atoms with Gasteiger partial charge in [-0.3, -0.25) is 10.1 Å². The number of amides is 3. The van der Waals surface area contributed by atoms with Crippen molar-refractivity contribution in [3.8, 4) is 11.5 Å². The first-order valence-electron chi connectivity index (χ1n) is 8.07. The number of urea groups is 1. The van der Waals surface area contributed by atoms with Gasteiger partial charge in [0.25, 0.3) is 0 Å². The van der Waals surface area contributed by atoms with E-state index in [1.165, 1.54) is 23.1 Å². The zero-order chi connectivity index (χ0) is 18.9. The Morgan fingerprint density at radius 3 is 2.58 bits per heavy atom. The number of aryl methyl sites for hydroxylation is 1. The third kappa shape index (κ3) is 6.23. The molecular formula is C17H21N3O4S2. The van der Waals surface area contributed by atoms with E-state index < -0.39 is 11.9 Å². The van der Waals surface area contributed by atoms with Crippen molar-refractivity contribution < 1.29 is 19.1 Å². The van der Waals surface area contributed by atoms with Gasteiger partial charge in [0.15, 0.2) is 15.8 Å². The molecule has 0 saturated heterocycles. The van der Waals surface area contributed by atoms with Gasteiger partial charge < -0.3 is 14.8 Å². The molecule has 0 aliphatic heterocycles. The van der Waals surface area contributed by atoms with Gasteiger partial charge in [0.2, 0.25) is 5.91 Å². The molecule has 0 bridgehead atoms. The van der Waals surface area contributed by atoms with Crippen LogP contribution in [-0.2, 0) is 4.79 Å². The number of anilines is 1. The Morgan fingerprint density at radius 2 is 1.92 bits per heavy atom. The van der Waals surface area contributed by atoms with Crippen LogP contribution in [0.15, 0.2) is 27.9 Å². The largest absolute Gasteiger partial charge is 0.490 e. The lowest BCUT2D eigenvalue weighted by Crippen LogP contribution is -2.35. The summed E-state index contributed by atoms with van der Waals surface area (Å²) in [5.41, 5.74) is 1.42. The summed E-state index contributed by atoms with van der Waals surface area (Å²) >= 11 is 2.76. The number of thioether (sulfide) groups is 1. The van der Waals surface area contributed by atoms with E-state index in [0.717, 1.165) is 10.0 Å². The van der Waals surface area contributed by atoms with Crippen LogP contribution in [-0.4, -0.2) is 35.9 Å². The van der Waals surface area contributed by atoms with E-state index in [4.69, 9.17) is 9.47 Å². The van der Waals surface area contributed by atoms with Gasteiger partial charge in [-0.1, -0.05) is 11.8 Å². The van der Waals surface area contributed by atoms with Crippen LogP contribution in [0.2, 0.25) is 0 Å². The molecule has 0 radical (unpaired) electrons. The summed E-state index contributed by atoms with van der Waals surface area (Å²) in [5, 5.41) is 6.82. The van der Waals surface area contributed by atoms with Crippen molar-refractivity contribution in [2.75, 3.05) is 24.3 Å². The zero-order valence-corrected chi connectivity index (χ0v) is 16.5. The Morgan fingerprint density at radius 1 is 1.19 bits per heavy atom. The quantitative estimate of drug-likeness (QED) is 0.663. The molecule has 1 aromatic carbocycles. The maximum absolute atomic E-state index is 12.0. The van der Waals surface area contributed by atoms with Crippen molar-refractivity contribution in [3.63, 3.8) is 0 Å². The molecule has 1 aromatic heterocycles. The molecule has 0 fully saturated rings. The predicted molar refractivity (Wildman–Crippen MR) is 104 cm³/mol. The number of imide groups is 1. The number of aromatic nitrogens is 1. The molecule has 1 heterocycles. The van der Waals surface area contributed by atoms with Gasteiger partial charge in [0, 0.05) is 22.8 Å². The van der Waals surface area contributed by atoms with Crippen molar-refractivity contribution in [2.24, 2.45) is 0 Å². The van der Waals surface area contributed by atoms with Gasteiger partial charge in [-0.15, -0.1) is 11.3 Å². The van der Waals surface area contributed by atoms with Crippen LogP contribution in [0.5, 0.6) is 11.5 Å². The number of hydrogen-bond acceptors (Lipinski definition) is 7. The number of thiazole rings is 1. The number of benzene rings is 1. The van der Waals surface area contributed by atoms with Gasteiger partial charge in [-0.2, -0.15) is 0 Å². The lowest BCUT2D eigenvalue weighted by Gasteiger charge is -2.13. The third-order valence-electron chi connectivity index (χ3n) is 2.98. The Bertz CT molecular complexity index is 764. The molecule has 0 aliphatic carbocycles. The molecule has 0 atom stereocenters. The van der Waals surface area contributed by atoms with Crippen LogP contribution in [0, 0.1) is 6.92 Å². The minimum absolute atomic E-state index is 0.119. The highest BCUT2D eigenvalue weighted by atomic mass is 32.2. The Balaban J connectivity index is 1.87. The molecule has 0 unspecified atom stereocenters. The molecule has 0 saturated carbocycles. The van der Waals surface area contributed by atoms with Crippen LogP contribution >= 0.6 is 23.1 Å². The van der Waals surface area contributed by atoms with Crippen LogP contribution in [0.3, 0.4) is 0 Å². The molecule has 26 heavy (non-hydrogen) atoms. The number of nitrogens with one attached hydrogen (secondary N) is 2. The topological polar surface area (TPSA) is 89.6 Å². The highest BCUT2D eigenvalue weighted by molar-refractivity contribution is 8.01.